The minimum atomic E-state index is -0.273. The van der Waals surface area contributed by atoms with Gasteiger partial charge in [-0.1, -0.05) is 18.6 Å². The maximum absolute atomic E-state index is 13.3. The minimum absolute atomic E-state index is 0.273. The molecule has 0 aromatic heterocycles. The zero-order chi connectivity index (χ0) is 16.6. The first-order valence-electron chi connectivity index (χ1n) is 9.32. The average Bonchev–Trinajstić information content (AvgIpc) is 3.03. The number of carbonyl (C=O) groups is 1. The lowest BCUT2D eigenvalue weighted by atomic mass is 9.63. The summed E-state index contributed by atoms with van der Waals surface area (Å²) < 4.78 is 5.26. The van der Waals surface area contributed by atoms with Crippen molar-refractivity contribution in [3.05, 3.63) is 29.8 Å². The molecule has 1 aromatic carbocycles. The molecule has 2 saturated heterocycles. The molecule has 4 nitrogen and oxygen atoms in total. The van der Waals surface area contributed by atoms with Gasteiger partial charge in [0, 0.05) is 19.6 Å². The van der Waals surface area contributed by atoms with Gasteiger partial charge in [0.25, 0.3) is 0 Å². The Labute approximate surface area is 144 Å². The van der Waals surface area contributed by atoms with Gasteiger partial charge < -0.3 is 15.0 Å². The Kier molecular flexibility index (Phi) is 4.03. The number of methoxy groups -OCH3 is 1. The number of likely N-dealkylation sites (tertiary alicyclic amines) is 1. The maximum Gasteiger partial charge on any atom is 0.233 e. The molecule has 4 rings (SSSR count). The minimum Gasteiger partial charge on any atom is -0.497 e. The van der Waals surface area contributed by atoms with Crippen molar-refractivity contribution in [2.75, 3.05) is 33.3 Å². The predicted molar refractivity (Wildman–Crippen MR) is 94.3 cm³/mol. The molecule has 1 amide bonds. The van der Waals surface area contributed by atoms with Crippen LogP contribution in [0.25, 0.3) is 0 Å². The number of nitrogens with zero attached hydrogens (tertiary/aromatic N) is 1. The van der Waals surface area contributed by atoms with E-state index in [2.05, 4.69) is 22.3 Å². The molecule has 24 heavy (non-hydrogen) atoms. The summed E-state index contributed by atoms with van der Waals surface area (Å²) in [6.45, 7) is 4.14. The Bertz CT molecular complexity index is 591. The molecule has 1 spiro atoms. The number of amides is 1. The molecular formula is C20H28N2O2. The van der Waals surface area contributed by atoms with Crippen molar-refractivity contribution in [1.82, 2.24) is 10.2 Å². The van der Waals surface area contributed by atoms with Gasteiger partial charge in [-0.15, -0.1) is 0 Å². The van der Waals surface area contributed by atoms with Gasteiger partial charge in [-0.2, -0.15) is 0 Å². The van der Waals surface area contributed by atoms with Crippen LogP contribution in [0, 0.1) is 5.41 Å². The van der Waals surface area contributed by atoms with Gasteiger partial charge in [0.2, 0.25) is 5.91 Å². The lowest BCUT2D eigenvalue weighted by molar-refractivity contribution is -0.143. The van der Waals surface area contributed by atoms with E-state index in [1.165, 1.54) is 12.0 Å². The summed E-state index contributed by atoms with van der Waals surface area (Å²) in [6.07, 6.45) is 6.72. The number of rotatable bonds is 3. The Morgan fingerprint density at radius 3 is 2.29 bits per heavy atom. The van der Waals surface area contributed by atoms with E-state index in [9.17, 15) is 4.79 Å². The zero-order valence-corrected chi connectivity index (χ0v) is 14.6. The highest BCUT2D eigenvalue weighted by Gasteiger charge is 2.49. The lowest BCUT2D eigenvalue weighted by Gasteiger charge is -2.47. The van der Waals surface area contributed by atoms with Crippen molar-refractivity contribution in [3.8, 4) is 5.75 Å². The van der Waals surface area contributed by atoms with Crippen molar-refractivity contribution >= 4 is 5.91 Å². The van der Waals surface area contributed by atoms with Crippen LogP contribution in [0.1, 0.15) is 44.1 Å². The molecule has 130 valence electrons. The third-order valence-electron chi connectivity index (χ3n) is 6.70. The van der Waals surface area contributed by atoms with Crippen LogP contribution in [-0.2, 0) is 10.2 Å². The Morgan fingerprint density at radius 1 is 1.08 bits per heavy atom. The fraction of sp³-hybridized carbons (Fsp3) is 0.650. The van der Waals surface area contributed by atoms with Crippen molar-refractivity contribution in [2.45, 2.75) is 43.9 Å². The molecule has 1 saturated carbocycles. The van der Waals surface area contributed by atoms with Gasteiger partial charge in [-0.3, -0.25) is 4.79 Å². The van der Waals surface area contributed by atoms with Gasteiger partial charge in [0.05, 0.1) is 12.5 Å². The molecular weight excluding hydrogens is 300 g/mol. The second kappa shape index (κ2) is 6.07. The molecule has 4 heteroatoms. The lowest BCUT2D eigenvalue weighted by Crippen LogP contribution is -2.54. The monoisotopic (exact) mass is 328 g/mol. The van der Waals surface area contributed by atoms with E-state index in [4.69, 9.17) is 4.74 Å². The molecule has 0 atom stereocenters. The molecule has 2 aliphatic heterocycles. The molecule has 3 aliphatic rings. The number of benzene rings is 1. The topological polar surface area (TPSA) is 41.6 Å². The molecule has 3 fully saturated rings. The number of nitrogens with one attached hydrogen (secondary N) is 1. The first-order valence-corrected chi connectivity index (χ1v) is 9.32. The van der Waals surface area contributed by atoms with Crippen LogP contribution in [0.15, 0.2) is 24.3 Å². The van der Waals surface area contributed by atoms with Gasteiger partial charge >= 0.3 is 0 Å². The summed E-state index contributed by atoms with van der Waals surface area (Å²) in [5.41, 5.74) is 1.36. The molecule has 1 aromatic rings. The van der Waals surface area contributed by atoms with Crippen LogP contribution in [0.2, 0.25) is 0 Å². The van der Waals surface area contributed by atoms with Crippen LogP contribution in [0.5, 0.6) is 5.75 Å². The molecule has 2 heterocycles. The van der Waals surface area contributed by atoms with E-state index < -0.39 is 0 Å². The first kappa shape index (κ1) is 15.9. The molecule has 0 radical (unpaired) electrons. The summed E-state index contributed by atoms with van der Waals surface area (Å²) in [6, 6.07) is 8.14. The van der Waals surface area contributed by atoms with Crippen LogP contribution in [0.3, 0.4) is 0 Å². The van der Waals surface area contributed by atoms with Crippen molar-refractivity contribution in [3.63, 3.8) is 0 Å². The Hall–Kier alpha value is -1.55. The Morgan fingerprint density at radius 2 is 1.79 bits per heavy atom. The van der Waals surface area contributed by atoms with Crippen molar-refractivity contribution in [2.24, 2.45) is 5.41 Å². The summed E-state index contributed by atoms with van der Waals surface area (Å²) in [5.74, 6) is 1.22. The summed E-state index contributed by atoms with van der Waals surface area (Å²) in [7, 11) is 1.68. The van der Waals surface area contributed by atoms with Crippen LogP contribution < -0.4 is 10.1 Å². The molecule has 1 aliphatic carbocycles. The van der Waals surface area contributed by atoms with Crippen LogP contribution in [-0.4, -0.2) is 44.1 Å². The van der Waals surface area contributed by atoms with Crippen LogP contribution >= 0.6 is 0 Å². The maximum atomic E-state index is 13.3. The fourth-order valence-corrected chi connectivity index (χ4v) is 4.78. The number of carbonyl (C=O) groups excluding carboxylic acids is 1. The molecule has 0 unspecified atom stereocenters. The standard InChI is InChI=1S/C20H28N2O2/c1-24-17-5-3-16(4-6-17)20(7-2-8-20)18(23)22-13-10-19(11-14-22)9-12-21-15-19/h3-6,21H,2,7-15H2,1H3. The number of hydrogen-bond acceptors (Lipinski definition) is 3. The van der Waals surface area contributed by atoms with E-state index in [1.54, 1.807) is 7.11 Å². The van der Waals surface area contributed by atoms with Crippen molar-refractivity contribution in [1.29, 1.82) is 0 Å². The highest BCUT2D eigenvalue weighted by atomic mass is 16.5. The van der Waals surface area contributed by atoms with Gasteiger partial charge in [-0.25, -0.2) is 0 Å². The third kappa shape index (κ3) is 2.52. The second-order valence-electron chi connectivity index (χ2n) is 7.88. The van der Waals surface area contributed by atoms with E-state index in [-0.39, 0.29) is 5.41 Å². The summed E-state index contributed by atoms with van der Waals surface area (Å²) in [5, 5.41) is 3.50. The second-order valence-corrected chi connectivity index (χ2v) is 7.88. The summed E-state index contributed by atoms with van der Waals surface area (Å²) in [4.78, 5) is 15.5. The largest absolute Gasteiger partial charge is 0.497 e. The SMILES string of the molecule is COc1ccc(C2(C(=O)N3CCC4(CCNC4)CC3)CCC2)cc1. The van der Waals surface area contributed by atoms with E-state index in [0.29, 0.717) is 11.3 Å². The Balaban J connectivity index is 1.49. The predicted octanol–water partition coefficient (Wildman–Crippen LogP) is 2.72. The highest BCUT2D eigenvalue weighted by Crippen LogP contribution is 2.47. The quantitative estimate of drug-likeness (QED) is 0.927. The van der Waals surface area contributed by atoms with Gasteiger partial charge in [0.15, 0.2) is 0 Å². The van der Waals surface area contributed by atoms with Crippen molar-refractivity contribution < 1.29 is 9.53 Å². The zero-order valence-electron chi connectivity index (χ0n) is 14.6. The third-order valence-corrected chi connectivity index (χ3v) is 6.70. The van der Waals surface area contributed by atoms with E-state index in [1.807, 2.05) is 12.1 Å². The molecule has 1 N–H and O–H groups in total. The van der Waals surface area contributed by atoms with Gasteiger partial charge in [-0.05, 0) is 61.8 Å². The van der Waals surface area contributed by atoms with E-state index in [0.717, 1.165) is 64.0 Å². The normalized spacial score (nSPS) is 24.6. The number of hydrogen-bond donors (Lipinski definition) is 1. The van der Waals surface area contributed by atoms with Gasteiger partial charge in [0.1, 0.15) is 5.75 Å². The fourth-order valence-electron chi connectivity index (χ4n) is 4.78. The average molecular weight is 328 g/mol. The van der Waals surface area contributed by atoms with Crippen LogP contribution in [0.4, 0.5) is 0 Å². The van der Waals surface area contributed by atoms with E-state index >= 15 is 0 Å². The number of ether oxygens (including phenoxy) is 1. The molecule has 0 bridgehead atoms. The first-order chi connectivity index (χ1) is 11.7. The smallest absolute Gasteiger partial charge is 0.233 e. The summed E-state index contributed by atoms with van der Waals surface area (Å²) >= 11 is 0. The highest BCUT2D eigenvalue weighted by molar-refractivity contribution is 5.89. The number of piperidine rings is 1.